The van der Waals surface area contributed by atoms with Crippen molar-refractivity contribution in [2.24, 2.45) is 0 Å². The average Bonchev–Trinajstić information content (AvgIpc) is 2.61. The summed E-state index contributed by atoms with van der Waals surface area (Å²) in [6.07, 6.45) is -2.73. The standard InChI is InChI=1S/C17H24F3N3O3S/c1-12-11-15(17(18,19)20)21-13(2)16(12)27(24,25)23-7-5-22(6-8-23)14-3-9-26-10-4-14/h11,14H,3-10H2,1-2H3. The van der Waals surface area contributed by atoms with Gasteiger partial charge in [-0.1, -0.05) is 0 Å². The van der Waals surface area contributed by atoms with Crippen LogP contribution in [0.2, 0.25) is 0 Å². The smallest absolute Gasteiger partial charge is 0.381 e. The van der Waals surface area contributed by atoms with Crippen LogP contribution < -0.4 is 0 Å². The van der Waals surface area contributed by atoms with Gasteiger partial charge in [0.05, 0.1) is 5.69 Å². The van der Waals surface area contributed by atoms with E-state index in [4.69, 9.17) is 4.74 Å². The molecule has 27 heavy (non-hydrogen) atoms. The molecule has 0 atom stereocenters. The molecule has 0 aromatic carbocycles. The first-order valence-corrected chi connectivity index (χ1v) is 10.4. The van der Waals surface area contributed by atoms with Crippen LogP contribution in [-0.2, 0) is 20.9 Å². The molecule has 3 rings (SSSR count). The lowest BCUT2D eigenvalue weighted by Gasteiger charge is -2.40. The van der Waals surface area contributed by atoms with E-state index in [0.717, 1.165) is 32.1 Å². The second-order valence-corrected chi connectivity index (χ2v) is 8.90. The van der Waals surface area contributed by atoms with Crippen molar-refractivity contribution in [3.8, 4) is 0 Å². The topological polar surface area (TPSA) is 62.7 Å². The molecule has 2 aliphatic rings. The van der Waals surface area contributed by atoms with Crippen molar-refractivity contribution in [1.29, 1.82) is 0 Å². The number of hydrogen-bond donors (Lipinski definition) is 0. The van der Waals surface area contributed by atoms with Gasteiger partial charge in [0.25, 0.3) is 0 Å². The highest BCUT2D eigenvalue weighted by atomic mass is 32.2. The molecule has 6 nitrogen and oxygen atoms in total. The lowest BCUT2D eigenvalue weighted by Crippen LogP contribution is -2.53. The number of aromatic nitrogens is 1. The number of rotatable bonds is 3. The maximum Gasteiger partial charge on any atom is 0.433 e. The molecule has 2 fully saturated rings. The molecule has 0 N–H and O–H groups in total. The van der Waals surface area contributed by atoms with Gasteiger partial charge in [0.1, 0.15) is 10.6 Å². The summed E-state index contributed by atoms with van der Waals surface area (Å²) in [7, 11) is -3.89. The van der Waals surface area contributed by atoms with E-state index in [0.29, 0.717) is 32.2 Å². The van der Waals surface area contributed by atoms with Gasteiger partial charge in [-0.3, -0.25) is 4.90 Å². The molecule has 2 aliphatic heterocycles. The Kier molecular flexibility index (Phi) is 5.81. The first kappa shape index (κ1) is 20.5. The Bertz CT molecular complexity index is 761. The number of halogens is 3. The Labute approximate surface area is 157 Å². The fraction of sp³-hybridized carbons (Fsp3) is 0.706. The zero-order valence-electron chi connectivity index (χ0n) is 15.4. The van der Waals surface area contributed by atoms with Gasteiger partial charge in [-0.15, -0.1) is 0 Å². The summed E-state index contributed by atoms with van der Waals surface area (Å²) in [6, 6.07) is 1.21. The Balaban J connectivity index is 1.77. The number of hydrogen-bond acceptors (Lipinski definition) is 5. The van der Waals surface area contributed by atoms with Crippen molar-refractivity contribution >= 4 is 10.0 Å². The third-order valence-electron chi connectivity index (χ3n) is 5.20. The van der Waals surface area contributed by atoms with E-state index in [1.807, 2.05) is 0 Å². The van der Waals surface area contributed by atoms with Crippen LogP contribution >= 0.6 is 0 Å². The highest BCUT2D eigenvalue weighted by Crippen LogP contribution is 2.32. The summed E-state index contributed by atoms with van der Waals surface area (Å²) in [5.74, 6) is 0. The van der Waals surface area contributed by atoms with E-state index in [9.17, 15) is 21.6 Å². The van der Waals surface area contributed by atoms with Crippen molar-refractivity contribution in [3.05, 3.63) is 23.0 Å². The van der Waals surface area contributed by atoms with Crippen molar-refractivity contribution < 1.29 is 26.3 Å². The Morgan fingerprint density at radius 1 is 1.11 bits per heavy atom. The van der Waals surface area contributed by atoms with Crippen molar-refractivity contribution in [2.75, 3.05) is 39.4 Å². The molecule has 0 unspecified atom stereocenters. The van der Waals surface area contributed by atoms with Gasteiger partial charge in [-0.2, -0.15) is 17.5 Å². The molecule has 0 amide bonds. The molecule has 0 spiro atoms. The minimum absolute atomic E-state index is 0.0710. The highest BCUT2D eigenvalue weighted by molar-refractivity contribution is 7.89. The van der Waals surface area contributed by atoms with Crippen molar-refractivity contribution in [3.63, 3.8) is 0 Å². The maximum absolute atomic E-state index is 13.0. The number of pyridine rings is 1. The molecule has 2 saturated heterocycles. The predicted molar refractivity (Wildman–Crippen MR) is 92.9 cm³/mol. The van der Waals surface area contributed by atoms with E-state index in [2.05, 4.69) is 9.88 Å². The second kappa shape index (κ2) is 7.65. The van der Waals surface area contributed by atoms with Crippen LogP contribution in [0.25, 0.3) is 0 Å². The van der Waals surface area contributed by atoms with E-state index in [-0.39, 0.29) is 16.2 Å². The van der Waals surface area contributed by atoms with Crippen LogP contribution in [0.1, 0.15) is 29.8 Å². The van der Waals surface area contributed by atoms with Crippen LogP contribution in [0.4, 0.5) is 13.2 Å². The molecule has 1 aromatic heterocycles. The predicted octanol–water partition coefficient (Wildman–Crippen LogP) is 2.20. The summed E-state index contributed by atoms with van der Waals surface area (Å²) in [5, 5.41) is 0. The Morgan fingerprint density at radius 3 is 2.22 bits per heavy atom. The zero-order valence-corrected chi connectivity index (χ0v) is 16.2. The number of aryl methyl sites for hydroxylation is 2. The summed E-state index contributed by atoms with van der Waals surface area (Å²) in [5.41, 5.74) is -1.11. The maximum atomic E-state index is 13.0. The molecule has 0 saturated carbocycles. The third-order valence-corrected chi connectivity index (χ3v) is 7.38. The van der Waals surface area contributed by atoms with Gasteiger partial charge in [0.2, 0.25) is 10.0 Å². The molecule has 10 heteroatoms. The Hall–Kier alpha value is -1.23. The normalized spacial score (nSPS) is 21.5. The molecule has 0 aliphatic carbocycles. The number of ether oxygens (including phenoxy) is 1. The second-order valence-electron chi connectivity index (χ2n) is 7.02. The van der Waals surface area contributed by atoms with Gasteiger partial charge in [-0.05, 0) is 38.3 Å². The molecule has 3 heterocycles. The lowest BCUT2D eigenvalue weighted by molar-refractivity contribution is -0.141. The first-order valence-electron chi connectivity index (χ1n) is 8.98. The molecule has 0 radical (unpaired) electrons. The van der Waals surface area contributed by atoms with E-state index in [1.165, 1.54) is 18.2 Å². The van der Waals surface area contributed by atoms with E-state index < -0.39 is 21.9 Å². The molecule has 152 valence electrons. The summed E-state index contributed by atoms with van der Waals surface area (Å²) in [4.78, 5) is 5.66. The molecular formula is C17H24F3N3O3S. The van der Waals surface area contributed by atoms with Gasteiger partial charge in [-0.25, -0.2) is 13.4 Å². The number of piperazine rings is 1. The average molecular weight is 407 g/mol. The third kappa shape index (κ3) is 4.28. The van der Waals surface area contributed by atoms with Crippen LogP contribution in [0.5, 0.6) is 0 Å². The van der Waals surface area contributed by atoms with E-state index >= 15 is 0 Å². The van der Waals surface area contributed by atoms with Gasteiger partial charge in [0.15, 0.2) is 0 Å². The van der Waals surface area contributed by atoms with Crippen LogP contribution in [0, 0.1) is 13.8 Å². The van der Waals surface area contributed by atoms with Crippen molar-refractivity contribution in [1.82, 2.24) is 14.2 Å². The fourth-order valence-corrected chi connectivity index (χ4v) is 5.63. The van der Waals surface area contributed by atoms with Crippen LogP contribution in [0.3, 0.4) is 0 Å². The van der Waals surface area contributed by atoms with Gasteiger partial charge < -0.3 is 4.74 Å². The van der Waals surface area contributed by atoms with Crippen molar-refractivity contribution in [2.45, 2.75) is 43.8 Å². The fourth-order valence-electron chi connectivity index (χ4n) is 3.84. The first-order chi connectivity index (χ1) is 12.6. The van der Waals surface area contributed by atoms with Gasteiger partial charge in [0, 0.05) is 45.4 Å². The van der Waals surface area contributed by atoms with Gasteiger partial charge >= 0.3 is 6.18 Å². The number of sulfonamides is 1. The molecular weight excluding hydrogens is 383 g/mol. The highest BCUT2D eigenvalue weighted by Gasteiger charge is 2.37. The van der Waals surface area contributed by atoms with E-state index in [1.54, 1.807) is 0 Å². The lowest BCUT2D eigenvalue weighted by atomic mass is 10.1. The van der Waals surface area contributed by atoms with Crippen LogP contribution in [-0.4, -0.2) is 68.0 Å². The summed E-state index contributed by atoms with van der Waals surface area (Å²) >= 11 is 0. The number of alkyl halides is 3. The molecule has 0 bridgehead atoms. The number of nitrogens with zero attached hydrogens (tertiary/aromatic N) is 3. The summed E-state index contributed by atoms with van der Waals surface area (Å²) < 4.78 is 71.5. The SMILES string of the molecule is Cc1cc(C(F)(F)F)nc(C)c1S(=O)(=O)N1CCN(C2CCOCC2)CC1. The minimum atomic E-state index is -4.60. The van der Waals surface area contributed by atoms with Crippen LogP contribution in [0.15, 0.2) is 11.0 Å². The zero-order chi connectivity index (χ0) is 19.8. The quantitative estimate of drug-likeness (QED) is 0.769. The monoisotopic (exact) mass is 407 g/mol. The minimum Gasteiger partial charge on any atom is -0.381 e. The summed E-state index contributed by atoms with van der Waals surface area (Å²) in [6.45, 7) is 5.99. The largest absolute Gasteiger partial charge is 0.433 e. The molecule has 1 aromatic rings. The Morgan fingerprint density at radius 2 is 1.70 bits per heavy atom.